The van der Waals surface area contributed by atoms with E-state index in [1.807, 2.05) is 67.8 Å². The zero-order valence-corrected chi connectivity index (χ0v) is 32.6. The average Bonchev–Trinajstić information content (AvgIpc) is 3.19. The fourth-order valence-electron chi connectivity index (χ4n) is 6.97. The Morgan fingerprint density at radius 1 is 0.717 bits per heavy atom. The predicted octanol–water partition coefficient (Wildman–Crippen LogP) is 8.00. The molecule has 0 aromatic heterocycles. The van der Waals surface area contributed by atoms with Crippen molar-refractivity contribution in [2.45, 2.75) is 82.3 Å². The van der Waals surface area contributed by atoms with E-state index < -0.39 is 54.8 Å². The molecule has 2 heterocycles. The van der Waals surface area contributed by atoms with Crippen molar-refractivity contribution in [1.29, 1.82) is 0 Å². The van der Waals surface area contributed by atoms with E-state index in [2.05, 4.69) is 20.1 Å². The van der Waals surface area contributed by atoms with Crippen LogP contribution in [0, 0.1) is 11.8 Å². The van der Waals surface area contributed by atoms with Crippen molar-refractivity contribution in [1.82, 2.24) is 0 Å². The van der Waals surface area contributed by atoms with E-state index in [1.54, 1.807) is 50.6 Å². The summed E-state index contributed by atoms with van der Waals surface area (Å²) < 4.78 is 50.5. The number of esters is 1. The van der Waals surface area contributed by atoms with E-state index in [0.29, 0.717) is 29.6 Å². The third kappa shape index (κ3) is 10.3. The standard InChI is InChI=1S/C42H50O9S2/c1-8-33-39(50-41(43)30-13-11-10-12-14-30)26(3)37(46-24-28-15-19-31(44-5)20-16-28)35(48-33)23-36-38(47-25-29-17-21-32(45-6)22-18-29)27(4)40(34(9-2)49-36)51-42(52)53-7/h8-22,26-27,33-40H,1-2,23-25H2,3-7H3/t26-,27+,33+,34+,35+,36-,37-,38+,39+,40+/m1/s1. The van der Waals surface area contributed by atoms with Crippen LogP contribution in [-0.4, -0.2) is 79.7 Å². The number of carbonyl (C=O) groups is 1. The summed E-state index contributed by atoms with van der Waals surface area (Å²) in [7, 11) is 3.27. The Labute approximate surface area is 322 Å². The highest BCUT2D eigenvalue weighted by atomic mass is 32.2. The number of rotatable bonds is 15. The molecule has 10 atom stereocenters. The molecule has 2 fully saturated rings. The summed E-state index contributed by atoms with van der Waals surface area (Å²) in [5, 5.41) is 0. The lowest BCUT2D eigenvalue weighted by atomic mass is 9.81. The summed E-state index contributed by atoms with van der Waals surface area (Å²) in [6, 6.07) is 24.4. The van der Waals surface area contributed by atoms with Crippen LogP contribution >= 0.6 is 24.0 Å². The number of thiocarbonyl (C=S) groups is 1. The molecule has 2 saturated heterocycles. The van der Waals surface area contributed by atoms with Gasteiger partial charge in [-0.05, 0) is 66.0 Å². The number of benzene rings is 3. The molecule has 11 heteroatoms. The topological polar surface area (TPSA) is 90.9 Å². The third-order valence-corrected chi connectivity index (χ3v) is 10.9. The molecular weight excluding hydrogens is 713 g/mol. The van der Waals surface area contributed by atoms with Crippen molar-refractivity contribution in [3.8, 4) is 11.5 Å². The van der Waals surface area contributed by atoms with Crippen LogP contribution in [0.5, 0.6) is 11.5 Å². The van der Waals surface area contributed by atoms with Gasteiger partial charge in [-0.25, -0.2) is 4.79 Å². The second-order valence-electron chi connectivity index (χ2n) is 13.2. The Bertz CT molecular complexity index is 1630. The second kappa shape index (κ2) is 19.6. The molecule has 284 valence electrons. The van der Waals surface area contributed by atoms with Gasteiger partial charge >= 0.3 is 5.97 Å². The van der Waals surface area contributed by atoms with Crippen LogP contribution in [0.2, 0.25) is 0 Å². The van der Waals surface area contributed by atoms with Gasteiger partial charge < -0.3 is 37.9 Å². The van der Waals surface area contributed by atoms with Gasteiger partial charge in [-0.2, -0.15) is 0 Å². The van der Waals surface area contributed by atoms with E-state index >= 15 is 0 Å². The van der Waals surface area contributed by atoms with E-state index in [-0.39, 0.29) is 11.8 Å². The van der Waals surface area contributed by atoms with Gasteiger partial charge in [-0.1, -0.05) is 80.2 Å². The Balaban J connectivity index is 1.43. The summed E-state index contributed by atoms with van der Waals surface area (Å²) in [4.78, 5) is 13.3. The fourth-order valence-corrected chi connectivity index (χ4v) is 7.29. The van der Waals surface area contributed by atoms with E-state index in [1.165, 1.54) is 11.8 Å². The van der Waals surface area contributed by atoms with Gasteiger partial charge in [0.2, 0.25) is 4.38 Å². The van der Waals surface area contributed by atoms with Gasteiger partial charge in [0.05, 0.1) is 57.4 Å². The molecule has 0 unspecified atom stereocenters. The molecule has 0 N–H and O–H groups in total. The zero-order chi connectivity index (χ0) is 37.9. The molecule has 0 aliphatic carbocycles. The molecule has 0 amide bonds. The molecule has 53 heavy (non-hydrogen) atoms. The molecule has 0 spiro atoms. The van der Waals surface area contributed by atoms with Crippen molar-refractivity contribution in [2.75, 3.05) is 20.5 Å². The largest absolute Gasteiger partial charge is 0.497 e. The smallest absolute Gasteiger partial charge is 0.338 e. The molecule has 2 aliphatic heterocycles. The first-order chi connectivity index (χ1) is 25.7. The molecule has 5 rings (SSSR count). The Morgan fingerprint density at radius 2 is 1.17 bits per heavy atom. The molecule has 2 aliphatic rings. The quantitative estimate of drug-likeness (QED) is 0.0858. The maximum Gasteiger partial charge on any atom is 0.338 e. The lowest BCUT2D eigenvalue weighted by Crippen LogP contribution is -2.59. The Kier molecular flexibility index (Phi) is 14.9. The summed E-state index contributed by atoms with van der Waals surface area (Å²) in [6.07, 6.45) is 1.74. The monoisotopic (exact) mass is 762 g/mol. The minimum Gasteiger partial charge on any atom is -0.497 e. The number of ether oxygens (including phenoxy) is 8. The molecule has 3 aromatic rings. The SMILES string of the molecule is C=C[C@@H]1O[C@@H](C[C@H]2O[C@@H](C=C)[C@@H](OC(=S)SC)[C@@H](C)[C@@H]2OCc2ccc(OC)cc2)[C@H](OCc2ccc(OC)cc2)[C@@H](C)[C@@H]1OC(=O)c1ccccc1. The number of hydrogen-bond acceptors (Lipinski definition) is 11. The normalized spacial score (nSPS) is 28.3. The van der Waals surface area contributed by atoms with Crippen LogP contribution in [-0.2, 0) is 41.6 Å². The van der Waals surface area contributed by atoms with Gasteiger partial charge in [0.25, 0.3) is 0 Å². The maximum absolute atomic E-state index is 13.3. The van der Waals surface area contributed by atoms with Gasteiger partial charge in [0, 0.05) is 18.3 Å². The first-order valence-corrected chi connectivity index (χ1v) is 19.4. The third-order valence-electron chi connectivity index (χ3n) is 9.90. The molecule has 0 saturated carbocycles. The molecule has 9 nitrogen and oxygen atoms in total. The van der Waals surface area contributed by atoms with Crippen molar-refractivity contribution >= 4 is 34.3 Å². The van der Waals surface area contributed by atoms with Gasteiger partial charge in [-0.3, -0.25) is 0 Å². The molecule has 0 bridgehead atoms. The number of carbonyl (C=O) groups excluding carboxylic acids is 1. The van der Waals surface area contributed by atoms with Gasteiger partial charge in [-0.15, -0.1) is 13.2 Å². The molecular formula is C42H50O9S2. The van der Waals surface area contributed by atoms with Crippen molar-refractivity contribution < 1.29 is 42.7 Å². The minimum atomic E-state index is -0.656. The van der Waals surface area contributed by atoms with Crippen LogP contribution in [0.3, 0.4) is 0 Å². The van der Waals surface area contributed by atoms with Gasteiger partial charge in [0.1, 0.15) is 35.9 Å². The highest BCUT2D eigenvalue weighted by Gasteiger charge is 2.50. The Hall–Kier alpha value is -3.71. The summed E-state index contributed by atoms with van der Waals surface area (Å²) in [5.41, 5.74) is 2.40. The summed E-state index contributed by atoms with van der Waals surface area (Å²) >= 11 is 6.84. The van der Waals surface area contributed by atoms with Crippen molar-refractivity contribution in [3.05, 3.63) is 121 Å². The second-order valence-corrected chi connectivity index (χ2v) is 14.6. The van der Waals surface area contributed by atoms with E-state index in [4.69, 9.17) is 50.1 Å². The number of thioether (sulfide) groups is 1. The molecule has 3 aromatic carbocycles. The maximum atomic E-state index is 13.3. The average molecular weight is 763 g/mol. The first-order valence-electron chi connectivity index (χ1n) is 17.7. The van der Waals surface area contributed by atoms with Crippen LogP contribution < -0.4 is 9.47 Å². The van der Waals surface area contributed by atoms with E-state index in [9.17, 15) is 4.79 Å². The summed E-state index contributed by atoms with van der Waals surface area (Å²) in [6.45, 7) is 12.9. The lowest BCUT2D eigenvalue weighted by molar-refractivity contribution is -0.237. The highest BCUT2D eigenvalue weighted by Crippen LogP contribution is 2.39. The van der Waals surface area contributed by atoms with Gasteiger partial charge in [0.15, 0.2) is 0 Å². The highest BCUT2D eigenvalue weighted by molar-refractivity contribution is 8.22. The van der Waals surface area contributed by atoms with Crippen LogP contribution in [0.25, 0.3) is 0 Å². The minimum absolute atomic E-state index is 0.144. The number of hydrogen-bond donors (Lipinski definition) is 0. The fraction of sp³-hybridized carbons (Fsp3) is 0.429. The first kappa shape index (κ1) is 40.5. The lowest BCUT2D eigenvalue weighted by Gasteiger charge is -2.48. The summed E-state index contributed by atoms with van der Waals surface area (Å²) in [5.74, 6) is 0.652. The number of methoxy groups -OCH3 is 2. The zero-order valence-electron chi connectivity index (χ0n) is 31.0. The van der Waals surface area contributed by atoms with Crippen LogP contribution in [0.1, 0.15) is 41.8 Å². The van der Waals surface area contributed by atoms with E-state index in [0.717, 1.165) is 22.6 Å². The predicted molar refractivity (Wildman–Crippen MR) is 210 cm³/mol. The van der Waals surface area contributed by atoms with Crippen LogP contribution in [0.15, 0.2) is 104 Å². The Morgan fingerprint density at radius 3 is 1.58 bits per heavy atom. The molecule has 0 radical (unpaired) electrons. The van der Waals surface area contributed by atoms with Crippen molar-refractivity contribution in [2.24, 2.45) is 11.8 Å². The van der Waals surface area contributed by atoms with Crippen LogP contribution in [0.4, 0.5) is 0 Å². The van der Waals surface area contributed by atoms with Crippen molar-refractivity contribution in [3.63, 3.8) is 0 Å².